The minimum atomic E-state index is -1.83. The number of benzene rings is 2. The average molecular weight is 992 g/mol. The van der Waals surface area contributed by atoms with Crippen LogP contribution in [0, 0.1) is 11.8 Å². The summed E-state index contributed by atoms with van der Waals surface area (Å²) in [5.74, 6) is -9.46. The molecule has 2 aliphatic rings. The minimum absolute atomic E-state index is 0.000597. The SMILES string of the molecule is CCCCCCCC(=O)NC(CC(=O)O)C(=O)NC1C(=O)NC(CC(C)C)C(=O)NC2CCC(O)N(C2=O)C(Cc2ccccc2)C(=O)N(C)C(Cc2ccc(O)cc2)C(=O)NC(C(C)C)C(=O)OC1C. The lowest BCUT2D eigenvalue weighted by molar-refractivity contribution is -0.165. The van der Waals surface area contributed by atoms with E-state index in [2.05, 4.69) is 26.6 Å². The normalized spacial score (nSPS) is 24.4. The summed E-state index contributed by atoms with van der Waals surface area (Å²) >= 11 is 0. The summed E-state index contributed by atoms with van der Waals surface area (Å²) in [4.78, 5) is 129. The number of phenols is 1. The van der Waals surface area contributed by atoms with E-state index in [9.17, 15) is 53.7 Å². The Morgan fingerprint density at radius 2 is 1.42 bits per heavy atom. The largest absolute Gasteiger partial charge is 0.508 e. The maximum absolute atomic E-state index is 15.0. The molecule has 0 spiro atoms. The number of fused-ring (bicyclic) bond motifs is 2. The summed E-state index contributed by atoms with van der Waals surface area (Å²) in [6.07, 6.45) is -0.280. The number of aliphatic hydroxyl groups excluding tert-OH is 1. The highest BCUT2D eigenvalue weighted by atomic mass is 16.5. The molecular formula is C51H73N7O13. The van der Waals surface area contributed by atoms with Gasteiger partial charge in [0.2, 0.25) is 41.4 Å². The third kappa shape index (κ3) is 16.8. The van der Waals surface area contributed by atoms with Crippen LogP contribution in [0.15, 0.2) is 54.6 Å². The number of hydrogen-bond acceptors (Lipinski definition) is 12. The number of piperidine rings is 1. The van der Waals surface area contributed by atoms with Crippen molar-refractivity contribution in [3.8, 4) is 5.75 Å². The fraction of sp³-hybridized carbons (Fsp3) is 0.588. The van der Waals surface area contributed by atoms with Gasteiger partial charge in [0.25, 0.3) is 0 Å². The zero-order chi connectivity index (χ0) is 52.5. The number of esters is 1. The number of amides is 7. The van der Waals surface area contributed by atoms with Crippen LogP contribution in [0.5, 0.6) is 5.75 Å². The van der Waals surface area contributed by atoms with Crippen molar-refractivity contribution in [3.63, 3.8) is 0 Å². The van der Waals surface area contributed by atoms with Crippen LogP contribution in [0.25, 0.3) is 0 Å². The number of carbonyl (C=O) groups excluding carboxylic acids is 8. The van der Waals surface area contributed by atoms with Crippen LogP contribution >= 0.6 is 0 Å². The highest BCUT2D eigenvalue weighted by molar-refractivity contribution is 5.99. The number of cyclic esters (lactones) is 1. The minimum Gasteiger partial charge on any atom is -0.508 e. The predicted octanol–water partition coefficient (Wildman–Crippen LogP) is 2.22. The van der Waals surface area contributed by atoms with Gasteiger partial charge in [0.1, 0.15) is 60.4 Å². The van der Waals surface area contributed by atoms with Crippen LogP contribution in [0.1, 0.15) is 117 Å². The molecule has 0 radical (unpaired) electrons. The van der Waals surface area contributed by atoms with Crippen molar-refractivity contribution in [2.24, 2.45) is 11.8 Å². The monoisotopic (exact) mass is 992 g/mol. The molecule has 2 aliphatic heterocycles. The first-order valence-corrected chi connectivity index (χ1v) is 24.6. The van der Waals surface area contributed by atoms with Gasteiger partial charge in [-0.25, -0.2) is 4.79 Å². The Labute approximate surface area is 415 Å². The Morgan fingerprint density at radius 1 is 0.789 bits per heavy atom. The highest BCUT2D eigenvalue weighted by Crippen LogP contribution is 2.26. The van der Waals surface area contributed by atoms with Gasteiger partial charge in [-0.15, -0.1) is 0 Å². The number of nitrogens with zero attached hydrogens (tertiary/aromatic N) is 2. The molecule has 71 heavy (non-hydrogen) atoms. The molecule has 2 heterocycles. The molecule has 2 saturated heterocycles. The number of nitrogens with one attached hydrogen (secondary N) is 5. The Hall–Kier alpha value is -6.57. The van der Waals surface area contributed by atoms with Crippen molar-refractivity contribution in [1.29, 1.82) is 0 Å². The second kappa shape index (κ2) is 27.1. The summed E-state index contributed by atoms with van der Waals surface area (Å²) in [6, 6.07) is 4.15. The van der Waals surface area contributed by atoms with Crippen molar-refractivity contribution in [3.05, 3.63) is 65.7 Å². The molecule has 20 heteroatoms. The number of carbonyl (C=O) groups is 9. The van der Waals surface area contributed by atoms with E-state index in [1.807, 2.05) is 6.92 Å². The number of likely N-dealkylation sites (N-methyl/N-ethyl adjacent to an activating group) is 1. The van der Waals surface area contributed by atoms with E-state index in [0.29, 0.717) is 17.5 Å². The van der Waals surface area contributed by atoms with Crippen molar-refractivity contribution in [2.45, 2.75) is 173 Å². The number of aliphatic carboxylic acids is 1. The van der Waals surface area contributed by atoms with Gasteiger partial charge in [0.05, 0.1) is 6.42 Å². The molecule has 4 rings (SSSR count). The lowest BCUT2D eigenvalue weighted by atomic mass is 9.95. The average Bonchev–Trinajstić information content (AvgIpc) is 3.31. The number of hydrogen-bond donors (Lipinski definition) is 8. The second-order valence-electron chi connectivity index (χ2n) is 19.3. The number of carboxylic acids is 1. The predicted molar refractivity (Wildman–Crippen MR) is 260 cm³/mol. The number of aromatic hydroxyl groups is 1. The van der Waals surface area contributed by atoms with Gasteiger partial charge >= 0.3 is 11.9 Å². The van der Waals surface area contributed by atoms with Crippen molar-refractivity contribution in [1.82, 2.24) is 36.4 Å². The van der Waals surface area contributed by atoms with Crippen LogP contribution in [0.3, 0.4) is 0 Å². The van der Waals surface area contributed by atoms with E-state index in [-0.39, 0.29) is 50.2 Å². The summed E-state index contributed by atoms with van der Waals surface area (Å²) in [5.41, 5.74) is 1.11. The van der Waals surface area contributed by atoms with Crippen molar-refractivity contribution < 1.29 is 63.2 Å². The molecule has 7 amide bonds. The van der Waals surface area contributed by atoms with E-state index in [1.165, 1.54) is 26.1 Å². The summed E-state index contributed by atoms with van der Waals surface area (Å²) in [5, 5.41) is 44.3. The Morgan fingerprint density at radius 3 is 2.04 bits per heavy atom. The van der Waals surface area contributed by atoms with Gasteiger partial charge in [-0.3, -0.25) is 38.4 Å². The summed E-state index contributed by atoms with van der Waals surface area (Å²) < 4.78 is 5.85. The molecule has 2 bridgehead atoms. The Balaban J connectivity index is 1.83. The zero-order valence-electron chi connectivity index (χ0n) is 41.9. The standard InChI is InChI=1S/C51H73N7O13/c1-8-9-10-11-15-18-40(60)52-37(28-42(62)63)46(65)56-44-31(6)71-51(70)43(30(4)5)55-47(66)38(26-33-19-21-34(59)22-20-33)57(7)50(69)39(27-32-16-13-12-14-17-32)58-41(61)24-23-35(49(58)68)53-45(64)36(25-29(2)3)54-48(44)67/h12-14,16-17,19-22,29-31,35-39,41,43-44,59,61H,8-11,15,18,23-28H2,1-7H3,(H,52,60)(H,53,64)(H,54,67)(H,55,66)(H,56,65)(H,62,63). The fourth-order valence-corrected chi connectivity index (χ4v) is 8.69. The van der Waals surface area contributed by atoms with E-state index in [4.69, 9.17) is 4.74 Å². The van der Waals surface area contributed by atoms with Gasteiger partial charge in [0, 0.05) is 26.3 Å². The van der Waals surface area contributed by atoms with Crippen LogP contribution < -0.4 is 26.6 Å². The summed E-state index contributed by atoms with van der Waals surface area (Å²) in [6.45, 7) is 10.1. The van der Waals surface area contributed by atoms with Gasteiger partial charge in [-0.2, -0.15) is 0 Å². The molecule has 0 saturated carbocycles. The third-order valence-corrected chi connectivity index (χ3v) is 12.7. The number of ether oxygens (including phenoxy) is 1. The fourth-order valence-electron chi connectivity index (χ4n) is 8.69. The molecular weight excluding hydrogens is 919 g/mol. The van der Waals surface area contributed by atoms with Gasteiger partial charge in [-0.05, 0) is 67.7 Å². The Kier molecular flexibility index (Phi) is 21.8. The van der Waals surface area contributed by atoms with Crippen molar-refractivity contribution >= 4 is 53.3 Å². The first-order valence-electron chi connectivity index (χ1n) is 24.6. The molecule has 0 aromatic heterocycles. The van der Waals surface area contributed by atoms with Gasteiger partial charge < -0.3 is 56.4 Å². The summed E-state index contributed by atoms with van der Waals surface area (Å²) in [7, 11) is 1.35. The maximum atomic E-state index is 15.0. The lowest BCUT2D eigenvalue weighted by Gasteiger charge is -2.43. The van der Waals surface area contributed by atoms with E-state index in [1.54, 1.807) is 70.2 Å². The van der Waals surface area contributed by atoms with E-state index >= 15 is 4.79 Å². The molecule has 9 atom stereocenters. The second-order valence-corrected chi connectivity index (χ2v) is 19.3. The highest BCUT2D eigenvalue weighted by Gasteiger charge is 2.46. The van der Waals surface area contributed by atoms with Gasteiger partial charge in [0.15, 0.2) is 0 Å². The van der Waals surface area contributed by atoms with Crippen LogP contribution in [-0.2, 0) is 60.7 Å². The molecule has 2 aromatic rings. The van der Waals surface area contributed by atoms with Crippen molar-refractivity contribution in [2.75, 3.05) is 7.05 Å². The first kappa shape index (κ1) is 57.0. The first-order chi connectivity index (χ1) is 33.6. The van der Waals surface area contributed by atoms with Gasteiger partial charge in [-0.1, -0.05) is 103 Å². The topological polar surface area (TPSA) is 290 Å². The quantitative estimate of drug-likeness (QED) is 0.0787. The molecule has 390 valence electrons. The van der Waals surface area contributed by atoms with E-state index < -0.39 is 120 Å². The number of phenolic OH excluding ortho intramolecular Hbond substituents is 1. The van der Waals surface area contributed by atoms with Crippen LogP contribution in [0.4, 0.5) is 0 Å². The molecule has 0 aliphatic carbocycles. The lowest BCUT2D eigenvalue weighted by Crippen LogP contribution is -2.65. The Bertz CT molecular complexity index is 2170. The van der Waals surface area contributed by atoms with Crippen LogP contribution in [-0.4, -0.2) is 140 Å². The number of carboxylic acid groups (broad SMARTS) is 1. The molecule has 8 N–H and O–H groups in total. The third-order valence-electron chi connectivity index (χ3n) is 12.7. The number of aliphatic hydroxyl groups is 1. The van der Waals surface area contributed by atoms with Crippen LogP contribution in [0.2, 0.25) is 0 Å². The molecule has 20 nitrogen and oxygen atoms in total. The zero-order valence-corrected chi connectivity index (χ0v) is 41.9. The number of unbranched alkanes of at least 4 members (excludes halogenated alkanes) is 4. The van der Waals surface area contributed by atoms with E-state index in [0.717, 1.165) is 35.5 Å². The molecule has 2 fully saturated rings. The smallest absolute Gasteiger partial charge is 0.329 e. The maximum Gasteiger partial charge on any atom is 0.329 e. The number of rotatable bonds is 18. The molecule has 9 unspecified atom stereocenters. The molecule has 2 aromatic carbocycles.